The van der Waals surface area contributed by atoms with E-state index in [1.807, 2.05) is 22.9 Å². The molecule has 0 unspecified atom stereocenters. The second-order valence-electron chi connectivity index (χ2n) is 4.29. The van der Waals surface area contributed by atoms with Gasteiger partial charge in [0.25, 0.3) is 0 Å². The summed E-state index contributed by atoms with van der Waals surface area (Å²) < 4.78 is 7.66. The molecule has 0 radical (unpaired) electrons. The molecule has 3 heteroatoms. The van der Waals surface area contributed by atoms with Crippen LogP contribution in [0.5, 0.6) is 5.75 Å². The van der Waals surface area contributed by atoms with E-state index in [1.54, 1.807) is 12.5 Å². The number of hydrogen-bond acceptors (Lipinski definition) is 2. The van der Waals surface area contributed by atoms with Crippen LogP contribution in [0.2, 0.25) is 0 Å². The average Bonchev–Trinajstić information content (AvgIpc) is 2.86. The Kier molecular flexibility index (Phi) is 4.18. The number of rotatable bonds is 5. The molecule has 3 nitrogen and oxygen atoms in total. The largest absolute Gasteiger partial charge is 0.490 e. The van der Waals surface area contributed by atoms with Gasteiger partial charge in [0, 0.05) is 18.9 Å². The molecule has 94 valence electrons. The molecular formula is C15H18N2O. The van der Waals surface area contributed by atoms with Crippen molar-refractivity contribution < 1.29 is 4.74 Å². The fourth-order valence-corrected chi connectivity index (χ4v) is 1.61. The molecule has 2 rings (SSSR count). The lowest BCUT2D eigenvalue weighted by atomic mass is 10.1. The molecular weight excluding hydrogens is 224 g/mol. The van der Waals surface area contributed by atoms with Gasteiger partial charge in [0.1, 0.15) is 12.4 Å². The van der Waals surface area contributed by atoms with Crippen molar-refractivity contribution in [2.45, 2.75) is 20.4 Å². The van der Waals surface area contributed by atoms with Crippen LogP contribution in [0.3, 0.4) is 0 Å². The van der Waals surface area contributed by atoms with Crippen molar-refractivity contribution in [2.75, 3.05) is 6.61 Å². The molecule has 1 aromatic heterocycles. The quantitative estimate of drug-likeness (QED) is 0.753. The first-order valence-corrected chi connectivity index (χ1v) is 6.06. The Morgan fingerprint density at radius 1 is 1.22 bits per heavy atom. The van der Waals surface area contributed by atoms with E-state index >= 15 is 0 Å². The lowest BCUT2D eigenvalue weighted by Crippen LogP contribution is -1.96. The Hall–Kier alpha value is -2.03. The maximum Gasteiger partial charge on any atom is 0.120 e. The number of imidazole rings is 1. The van der Waals surface area contributed by atoms with E-state index in [2.05, 4.69) is 37.0 Å². The maximum atomic E-state index is 5.65. The van der Waals surface area contributed by atoms with Gasteiger partial charge in [-0.1, -0.05) is 12.1 Å². The topological polar surface area (TPSA) is 27.1 Å². The first-order chi connectivity index (χ1) is 8.75. The van der Waals surface area contributed by atoms with Crippen molar-refractivity contribution in [1.29, 1.82) is 0 Å². The predicted molar refractivity (Wildman–Crippen MR) is 72.8 cm³/mol. The highest BCUT2D eigenvalue weighted by molar-refractivity contribution is 5.33. The summed E-state index contributed by atoms with van der Waals surface area (Å²) in [6.07, 6.45) is 9.61. The standard InChI is InChI=1S/C15H18N2O/c1-13-5-6-15(11-14(13)2)18-10-4-3-8-17-9-7-16-12-17/h3-7,9,11-12H,8,10H2,1-2H3. The number of allylic oxidation sites excluding steroid dienone is 1. The van der Waals surface area contributed by atoms with Gasteiger partial charge in [-0.15, -0.1) is 0 Å². The van der Waals surface area contributed by atoms with Gasteiger partial charge in [-0.25, -0.2) is 4.98 Å². The van der Waals surface area contributed by atoms with Crippen molar-refractivity contribution in [1.82, 2.24) is 9.55 Å². The molecule has 0 fully saturated rings. The van der Waals surface area contributed by atoms with Crippen molar-refractivity contribution in [3.8, 4) is 5.75 Å². The predicted octanol–water partition coefficient (Wildman–Crippen LogP) is 3.14. The van der Waals surface area contributed by atoms with Crippen LogP contribution in [0.15, 0.2) is 49.1 Å². The lowest BCUT2D eigenvalue weighted by molar-refractivity contribution is 0.362. The molecule has 0 N–H and O–H groups in total. The van der Waals surface area contributed by atoms with Gasteiger partial charge in [-0.2, -0.15) is 0 Å². The van der Waals surface area contributed by atoms with E-state index in [1.165, 1.54) is 11.1 Å². The Bertz CT molecular complexity index is 515. The molecule has 2 aromatic rings. The molecule has 0 amide bonds. The average molecular weight is 242 g/mol. The van der Waals surface area contributed by atoms with Crippen LogP contribution in [0.4, 0.5) is 0 Å². The van der Waals surface area contributed by atoms with Gasteiger partial charge in [-0.05, 0) is 43.2 Å². The summed E-state index contributed by atoms with van der Waals surface area (Å²) in [5.74, 6) is 0.922. The zero-order valence-corrected chi connectivity index (χ0v) is 10.8. The minimum absolute atomic E-state index is 0.594. The molecule has 0 aliphatic rings. The highest BCUT2D eigenvalue weighted by Gasteiger charge is 1.95. The Morgan fingerprint density at radius 2 is 2.11 bits per heavy atom. The van der Waals surface area contributed by atoms with Gasteiger partial charge in [0.2, 0.25) is 0 Å². The smallest absolute Gasteiger partial charge is 0.120 e. The number of aromatic nitrogens is 2. The molecule has 0 aliphatic heterocycles. The summed E-state index contributed by atoms with van der Waals surface area (Å²) in [5.41, 5.74) is 2.55. The van der Waals surface area contributed by atoms with E-state index in [0.29, 0.717) is 6.61 Å². The lowest BCUT2D eigenvalue weighted by Gasteiger charge is -2.06. The molecule has 0 atom stereocenters. The first-order valence-electron chi connectivity index (χ1n) is 6.06. The summed E-state index contributed by atoms with van der Waals surface area (Å²) in [7, 11) is 0. The number of hydrogen-bond donors (Lipinski definition) is 0. The normalized spacial score (nSPS) is 11.0. The van der Waals surface area contributed by atoms with E-state index in [9.17, 15) is 0 Å². The van der Waals surface area contributed by atoms with Crippen molar-refractivity contribution in [3.63, 3.8) is 0 Å². The fraction of sp³-hybridized carbons (Fsp3) is 0.267. The molecule has 0 aliphatic carbocycles. The monoisotopic (exact) mass is 242 g/mol. The van der Waals surface area contributed by atoms with E-state index in [-0.39, 0.29) is 0 Å². The summed E-state index contributed by atoms with van der Waals surface area (Å²) in [6.45, 7) is 5.62. The maximum absolute atomic E-state index is 5.65. The summed E-state index contributed by atoms with van der Waals surface area (Å²) >= 11 is 0. The van der Waals surface area contributed by atoms with Crippen LogP contribution in [0, 0.1) is 13.8 Å². The molecule has 1 aromatic carbocycles. The third-order valence-corrected chi connectivity index (χ3v) is 2.87. The number of aryl methyl sites for hydroxylation is 2. The molecule has 1 heterocycles. The van der Waals surface area contributed by atoms with Gasteiger partial charge >= 0.3 is 0 Å². The van der Waals surface area contributed by atoms with Gasteiger partial charge in [0.05, 0.1) is 6.33 Å². The third-order valence-electron chi connectivity index (χ3n) is 2.87. The second kappa shape index (κ2) is 6.05. The highest BCUT2D eigenvalue weighted by Crippen LogP contribution is 2.16. The summed E-state index contributed by atoms with van der Waals surface area (Å²) in [4.78, 5) is 3.98. The van der Waals surface area contributed by atoms with Crippen LogP contribution < -0.4 is 4.74 Å². The number of ether oxygens (including phenoxy) is 1. The zero-order valence-electron chi connectivity index (χ0n) is 10.8. The molecule has 0 saturated heterocycles. The SMILES string of the molecule is Cc1ccc(OCC=CCn2ccnc2)cc1C. The van der Waals surface area contributed by atoms with E-state index in [0.717, 1.165) is 12.3 Å². The van der Waals surface area contributed by atoms with Crippen molar-refractivity contribution >= 4 is 0 Å². The minimum Gasteiger partial charge on any atom is -0.490 e. The highest BCUT2D eigenvalue weighted by atomic mass is 16.5. The molecule has 0 saturated carbocycles. The zero-order chi connectivity index (χ0) is 12.8. The van der Waals surface area contributed by atoms with Crippen molar-refractivity contribution in [2.24, 2.45) is 0 Å². The van der Waals surface area contributed by atoms with E-state index < -0.39 is 0 Å². The second-order valence-corrected chi connectivity index (χ2v) is 4.29. The van der Waals surface area contributed by atoms with Gasteiger partial charge in [0.15, 0.2) is 0 Å². The van der Waals surface area contributed by atoms with Crippen LogP contribution in [0.1, 0.15) is 11.1 Å². The number of benzene rings is 1. The first kappa shape index (κ1) is 12.4. The third kappa shape index (κ3) is 3.48. The Morgan fingerprint density at radius 3 is 2.83 bits per heavy atom. The van der Waals surface area contributed by atoms with Gasteiger partial charge < -0.3 is 9.30 Å². The molecule has 0 bridgehead atoms. The Labute approximate surface area is 108 Å². The Balaban J connectivity index is 1.77. The molecule has 0 spiro atoms. The van der Waals surface area contributed by atoms with Crippen LogP contribution >= 0.6 is 0 Å². The summed E-state index contributed by atoms with van der Waals surface area (Å²) in [6, 6.07) is 6.16. The van der Waals surface area contributed by atoms with Crippen LogP contribution in [0.25, 0.3) is 0 Å². The van der Waals surface area contributed by atoms with Crippen LogP contribution in [-0.4, -0.2) is 16.2 Å². The van der Waals surface area contributed by atoms with E-state index in [4.69, 9.17) is 4.74 Å². The fourth-order valence-electron chi connectivity index (χ4n) is 1.61. The molecule has 18 heavy (non-hydrogen) atoms. The van der Waals surface area contributed by atoms with Crippen molar-refractivity contribution in [3.05, 3.63) is 60.2 Å². The van der Waals surface area contributed by atoms with Crippen LogP contribution in [-0.2, 0) is 6.54 Å². The number of nitrogens with zero attached hydrogens (tertiary/aromatic N) is 2. The minimum atomic E-state index is 0.594. The summed E-state index contributed by atoms with van der Waals surface area (Å²) in [5, 5.41) is 0. The van der Waals surface area contributed by atoms with Gasteiger partial charge in [-0.3, -0.25) is 0 Å².